The quantitative estimate of drug-likeness (QED) is 0.548. The molecular formula is C17H33NO2Si2. The highest BCUT2D eigenvalue weighted by Gasteiger charge is 2.58. The van der Waals surface area contributed by atoms with Crippen molar-refractivity contribution in [2.24, 2.45) is 0 Å². The number of hydrogen-bond donors (Lipinski definition) is 0. The van der Waals surface area contributed by atoms with Crippen LogP contribution in [0.4, 0.5) is 0 Å². The van der Waals surface area contributed by atoms with Crippen LogP contribution in [0.1, 0.15) is 51.4 Å². The van der Waals surface area contributed by atoms with Gasteiger partial charge < -0.3 is 9.47 Å². The summed E-state index contributed by atoms with van der Waals surface area (Å²) in [7, 11) is -2.11. The molecule has 3 nitrogen and oxygen atoms in total. The van der Waals surface area contributed by atoms with Crippen LogP contribution in [0.5, 0.6) is 0 Å². The highest BCUT2D eigenvalue weighted by Crippen LogP contribution is 2.47. The second kappa shape index (κ2) is 8.09. The number of unbranched alkanes of at least 4 members (excludes halogenated alkanes) is 1. The van der Waals surface area contributed by atoms with E-state index in [2.05, 4.69) is 25.7 Å². The Kier molecular flexibility index (Phi) is 6.69. The zero-order chi connectivity index (χ0) is 16.1. The Labute approximate surface area is 139 Å². The van der Waals surface area contributed by atoms with Crippen molar-refractivity contribution in [3.05, 3.63) is 0 Å². The lowest BCUT2D eigenvalue weighted by atomic mass is 9.96. The van der Waals surface area contributed by atoms with E-state index in [9.17, 15) is 0 Å². The standard InChI is InChI=1S/C17H33NO2Si2/c1-21(2)16(10-4-7-13-19-16)17(11-5-8-14-20-17)22(3)15-9-6-12-18/h21-22H,4-11,13-15H2,1-3H3. The molecular weight excluding hydrogens is 306 g/mol. The average Bonchev–Trinajstić information content (AvgIpc) is 2.56. The van der Waals surface area contributed by atoms with Crippen molar-refractivity contribution < 1.29 is 9.47 Å². The highest BCUT2D eigenvalue weighted by molar-refractivity contribution is 6.67. The van der Waals surface area contributed by atoms with E-state index < -0.39 is 17.6 Å². The molecule has 2 aliphatic rings. The molecule has 0 aromatic heterocycles. The van der Waals surface area contributed by atoms with Crippen LogP contribution in [0, 0.1) is 11.3 Å². The van der Waals surface area contributed by atoms with E-state index in [4.69, 9.17) is 14.7 Å². The summed E-state index contributed by atoms with van der Waals surface area (Å²) in [6, 6.07) is 3.53. The first-order valence-corrected chi connectivity index (χ1v) is 14.7. The van der Waals surface area contributed by atoms with Gasteiger partial charge in [-0.05, 0) is 44.9 Å². The molecule has 2 aliphatic heterocycles. The summed E-state index contributed by atoms with van der Waals surface area (Å²) in [6.07, 6.45) is 9.17. The van der Waals surface area contributed by atoms with E-state index in [1.165, 1.54) is 44.6 Å². The fraction of sp³-hybridized carbons (Fsp3) is 0.941. The molecule has 0 aromatic carbocycles. The maximum atomic E-state index is 8.86. The van der Waals surface area contributed by atoms with Crippen molar-refractivity contribution in [1.82, 2.24) is 0 Å². The van der Waals surface area contributed by atoms with Gasteiger partial charge in [-0.2, -0.15) is 5.26 Å². The molecule has 3 atom stereocenters. The lowest BCUT2D eigenvalue weighted by Gasteiger charge is -2.58. The minimum absolute atomic E-state index is 0.0432. The summed E-state index contributed by atoms with van der Waals surface area (Å²) in [5.74, 6) is 0. The Morgan fingerprint density at radius 2 is 1.55 bits per heavy atom. The first kappa shape index (κ1) is 18.2. The molecule has 0 radical (unpaired) electrons. The van der Waals surface area contributed by atoms with Gasteiger partial charge in [-0.1, -0.05) is 25.7 Å². The van der Waals surface area contributed by atoms with Gasteiger partial charge in [0, 0.05) is 19.6 Å². The molecule has 2 fully saturated rings. The zero-order valence-electron chi connectivity index (χ0n) is 14.7. The van der Waals surface area contributed by atoms with E-state index in [1.54, 1.807) is 0 Å². The van der Waals surface area contributed by atoms with Crippen molar-refractivity contribution in [2.45, 2.75) is 87.5 Å². The molecule has 126 valence electrons. The van der Waals surface area contributed by atoms with Crippen molar-refractivity contribution in [2.75, 3.05) is 13.2 Å². The number of rotatable bonds is 6. The average molecular weight is 340 g/mol. The van der Waals surface area contributed by atoms with Gasteiger partial charge in [-0.3, -0.25) is 0 Å². The van der Waals surface area contributed by atoms with E-state index in [0.717, 1.165) is 19.6 Å². The van der Waals surface area contributed by atoms with Gasteiger partial charge in [-0.15, -0.1) is 0 Å². The molecule has 22 heavy (non-hydrogen) atoms. The van der Waals surface area contributed by atoms with Crippen LogP contribution >= 0.6 is 0 Å². The highest BCUT2D eigenvalue weighted by atomic mass is 28.3. The summed E-state index contributed by atoms with van der Waals surface area (Å²) in [5.41, 5.74) is 0. The largest absolute Gasteiger partial charge is 0.376 e. The maximum Gasteiger partial charge on any atom is 0.0800 e. The lowest BCUT2D eigenvalue weighted by Crippen LogP contribution is -2.71. The zero-order valence-corrected chi connectivity index (χ0v) is 17.0. The van der Waals surface area contributed by atoms with Crippen LogP contribution in [-0.2, 0) is 9.47 Å². The van der Waals surface area contributed by atoms with Crippen molar-refractivity contribution in [3.8, 4) is 6.07 Å². The molecule has 2 rings (SSSR count). The summed E-state index contributed by atoms with van der Waals surface area (Å²) < 4.78 is 13.3. The molecule has 0 amide bonds. The van der Waals surface area contributed by atoms with E-state index in [0.29, 0.717) is 6.42 Å². The topological polar surface area (TPSA) is 42.2 Å². The molecule has 0 saturated carbocycles. The van der Waals surface area contributed by atoms with Crippen LogP contribution in [0.25, 0.3) is 0 Å². The fourth-order valence-electron chi connectivity index (χ4n) is 4.77. The molecule has 0 aromatic rings. The van der Waals surface area contributed by atoms with Crippen LogP contribution in [0.3, 0.4) is 0 Å². The second-order valence-electron chi connectivity index (χ2n) is 7.50. The minimum Gasteiger partial charge on any atom is -0.376 e. The Morgan fingerprint density at radius 3 is 2.00 bits per heavy atom. The smallest absolute Gasteiger partial charge is 0.0800 e. The Bertz CT molecular complexity index is 383. The lowest BCUT2D eigenvalue weighted by molar-refractivity contribution is -0.164. The van der Waals surface area contributed by atoms with Gasteiger partial charge in [0.2, 0.25) is 0 Å². The van der Waals surface area contributed by atoms with Crippen molar-refractivity contribution >= 4 is 17.6 Å². The second-order valence-corrected chi connectivity index (χ2v) is 14.1. The Hall–Kier alpha value is -0.156. The third-order valence-corrected chi connectivity index (χ3v) is 12.9. The number of hydrogen-bond acceptors (Lipinski definition) is 3. The van der Waals surface area contributed by atoms with Crippen LogP contribution in [0.15, 0.2) is 0 Å². The summed E-state index contributed by atoms with van der Waals surface area (Å²) in [4.78, 5) is 0. The van der Waals surface area contributed by atoms with E-state index >= 15 is 0 Å². The van der Waals surface area contributed by atoms with Gasteiger partial charge in [0.05, 0.1) is 34.1 Å². The molecule has 3 unspecified atom stereocenters. The summed E-state index contributed by atoms with van der Waals surface area (Å²) in [6.45, 7) is 9.25. The third-order valence-electron chi connectivity index (χ3n) is 5.97. The first-order valence-electron chi connectivity index (χ1n) is 9.24. The molecule has 0 spiro atoms. The maximum absolute atomic E-state index is 8.86. The third kappa shape index (κ3) is 3.35. The van der Waals surface area contributed by atoms with E-state index in [-0.39, 0.29) is 10.4 Å². The molecule has 0 bridgehead atoms. The monoisotopic (exact) mass is 339 g/mol. The predicted molar refractivity (Wildman–Crippen MR) is 96.6 cm³/mol. The molecule has 0 N–H and O–H groups in total. The molecule has 2 heterocycles. The van der Waals surface area contributed by atoms with Crippen LogP contribution in [-0.4, -0.2) is 41.3 Å². The van der Waals surface area contributed by atoms with Crippen LogP contribution < -0.4 is 0 Å². The fourth-order valence-corrected chi connectivity index (χ4v) is 12.5. The Morgan fingerprint density at radius 1 is 0.955 bits per heavy atom. The number of nitriles is 1. The SMILES string of the molecule is C[SiH](C)C1(C2([SiH](C)CCCC#N)CCCCO2)CCCCO1. The van der Waals surface area contributed by atoms with Gasteiger partial charge in [0.15, 0.2) is 0 Å². The molecule has 5 heteroatoms. The minimum atomic E-state index is -1.11. The van der Waals surface area contributed by atoms with Crippen molar-refractivity contribution in [3.63, 3.8) is 0 Å². The number of nitrogens with zero attached hydrogens (tertiary/aromatic N) is 1. The van der Waals surface area contributed by atoms with Gasteiger partial charge >= 0.3 is 0 Å². The van der Waals surface area contributed by atoms with Gasteiger partial charge in [0.1, 0.15) is 0 Å². The van der Waals surface area contributed by atoms with E-state index in [1.807, 2.05) is 0 Å². The van der Waals surface area contributed by atoms with Gasteiger partial charge in [-0.25, -0.2) is 0 Å². The summed E-state index contributed by atoms with van der Waals surface area (Å²) >= 11 is 0. The van der Waals surface area contributed by atoms with Gasteiger partial charge in [0.25, 0.3) is 0 Å². The van der Waals surface area contributed by atoms with Crippen molar-refractivity contribution in [1.29, 1.82) is 5.26 Å². The molecule has 0 aliphatic carbocycles. The summed E-state index contributed by atoms with van der Waals surface area (Å²) in [5, 5.41) is 8.96. The first-order chi connectivity index (χ1) is 10.6. The van der Waals surface area contributed by atoms with Crippen LogP contribution in [0.2, 0.25) is 25.7 Å². The predicted octanol–water partition coefficient (Wildman–Crippen LogP) is 3.59. The normalized spacial score (nSPS) is 34.3. The Balaban J connectivity index is 2.27. The number of ether oxygens (including phenoxy) is 2. The molecule has 2 saturated heterocycles.